The molecule has 0 fully saturated rings. The van der Waals surface area contributed by atoms with Crippen LogP contribution >= 0.6 is 0 Å². The van der Waals surface area contributed by atoms with E-state index in [0.717, 1.165) is 23.1 Å². The lowest BCUT2D eigenvalue weighted by atomic mass is 9.92. The van der Waals surface area contributed by atoms with Crippen molar-refractivity contribution in [2.75, 3.05) is 7.11 Å². The summed E-state index contributed by atoms with van der Waals surface area (Å²) in [6, 6.07) is 12.5. The first kappa shape index (κ1) is 15.2. The molecule has 2 aromatic rings. The topological polar surface area (TPSA) is 26.3 Å². The van der Waals surface area contributed by atoms with Crippen molar-refractivity contribution in [3.8, 4) is 0 Å². The van der Waals surface area contributed by atoms with Gasteiger partial charge in [0.1, 0.15) is 5.82 Å². The summed E-state index contributed by atoms with van der Waals surface area (Å²) in [4.78, 5) is 11.4. The molecule has 2 nitrogen and oxygen atoms in total. The molecule has 2 aromatic carbocycles. The molecule has 0 aliphatic carbocycles. The molecule has 0 spiro atoms. The van der Waals surface area contributed by atoms with Gasteiger partial charge in [-0.25, -0.2) is 9.18 Å². The third-order valence-electron chi connectivity index (χ3n) is 3.54. The zero-order chi connectivity index (χ0) is 15.4. The van der Waals surface area contributed by atoms with Crippen molar-refractivity contribution in [2.45, 2.75) is 26.2 Å². The molecule has 3 heteroatoms. The second kappa shape index (κ2) is 6.53. The van der Waals surface area contributed by atoms with E-state index >= 15 is 0 Å². The molecule has 0 radical (unpaired) electrons. The molecular weight excluding hydrogens is 267 g/mol. The monoisotopic (exact) mass is 286 g/mol. The van der Waals surface area contributed by atoms with Crippen LogP contribution in [0.2, 0.25) is 0 Å². The molecule has 110 valence electrons. The van der Waals surface area contributed by atoms with Crippen LogP contribution in [0.4, 0.5) is 4.39 Å². The van der Waals surface area contributed by atoms with Crippen LogP contribution in [0.15, 0.2) is 42.5 Å². The molecule has 0 aliphatic heterocycles. The number of halogens is 1. The molecule has 0 amide bonds. The number of benzene rings is 2. The number of hydrogen-bond donors (Lipinski definition) is 0. The van der Waals surface area contributed by atoms with E-state index in [1.165, 1.54) is 13.2 Å². The van der Waals surface area contributed by atoms with E-state index < -0.39 is 0 Å². The predicted octanol–water partition coefficient (Wildman–Crippen LogP) is 4.27. The fourth-order valence-corrected chi connectivity index (χ4v) is 2.47. The Kier molecular flexibility index (Phi) is 4.73. The van der Waals surface area contributed by atoms with E-state index in [0.29, 0.717) is 5.56 Å². The molecule has 1 unspecified atom stereocenters. The van der Waals surface area contributed by atoms with Crippen molar-refractivity contribution in [3.63, 3.8) is 0 Å². The van der Waals surface area contributed by atoms with E-state index in [9.17, 15) is 9.18 Å². The zero-order valence-corrected chi connectivity index (χ0v) is 12.5. The van der Waals surface area contributed by atoms with Gasteiger partial charge in [-0.05, 0) is 60.2 Å². The molecule has 21 heavy (non-hydrogen) atoms. The highest BCUT2D eigenvalue weighted by Crippen LogP contribution is 2.22. The van der Waals surface area contributed by atoms with Gasteiger partial charge in [-0.1, -0.05) is 25.1 Å². The van der Waals surface area contributed by atoms with Gasteiger partial charge in [-0.3, -0.25) is 0 Å². The van der Waals surface area contributed by atoms with Crippen LogP contribution in [-0.4, -0.2) is 13.1 Å². The van der Waals surface area contributed by atoms with E-state index in [1.807, 2.05) is 25.1 Å². The van der Waals surface area contributed by atoms with Crippen molar-refractivity contribution < 1.29 is 13.9 Å². The first-order chi connectivity index (χ1) is 9.99. The predicted molar refractivity (Wildman–Crippen MR) is 81.0 cm³/mol. The van der Waals surface area contributed by atoms with Gasteiger partial charge in [-0.2, -0.15) is 0 Å². The first-order valence-electron chi connectivity index (χ1n) is 6.94. The number of methoxy groups -OCH3 is 1. The summed E-state index contributed by atoms with van der Waals surface area (Å²) in [6.07, 6.45) is 0.760. The lowest BCUT2D eigenvalue weighted by Crippen LogP contribution is -2.03. The summed E-state index contributed by atoms with van der Waals surface area (Å²) in [7, 11) is 1.37. The van der Waals surface area contributed by atoms with Gasteiger partial charge in [-0.15, -0.1) is 0 Å². The minimum absolute atomic E-state index is 0.196. The Balaban J connectivity index is 2.12. The van der Waals surface area contributed by atoms with E-state index in [4.69, 9.17) is 0 Å². The Morgan fingerprint density at radius 1 is 1.19 bits per heavy atom. The number of hydrogen-bond acceptors (Lipinski definition) is 2. The van der Waals surface area contributed by atoms with Crippen LogP contribution in [0, 0.1) is 12.7 Å². The number of ether oxygens (including phenoxy) is 1. The second-order valence-electron chi connectivity index (χ2n) is 5.36. The molecule has 0 saturated heterocycles. The molecule has 0 N–H and O–H groups in total. The van der Waals surface area contributed by atoms with Gasteiger partial charge in [0, 0.05) is 0 Å². The van der Waals surface area contributed by atoms with E-state index in [2.05, 4.69) is 11.7 Å². The Morgan fingerprint density at radius 3 is 2.43 bits per heavy atom. The Bertz CT molecular complexity index is 612. The standard InChI is InChI=1S/C18H19FO2/c1-12-8-14(11-17(19)9-12)10-13(2)15-4-6-16(7-5-15)18(20)21-3/h4-9,11,13H,10H2,1-3H3. The lowest BCUT2D eigenvalue weighted by Gasteiger charge is -2.13. The van der Waals surface area contributed by atoms with Gasteiger partial charge in [0.2, 0.25) is 0 Å². The van der Waals surface area contributed by atoms with Crippen molar-refractivity contribution in [1.82, 2.24) is 0 Å². The van der Waals surface area contributed by atoms with Crippen molar-refractivity contribution >= 4 is 5.97 Å². The van der Waals surface area contributed by atoms with E-state index in [1.54, 1.807) is 18.2 Å². The smallest absolute Gasteiger partial charge is 0.337 e. The summed E-state index contributed by atoms with van der Waals surface area (Å²) in [5.41, 5.74) is 3.56. The third-order valence-corrected chi connectivity index (χ3v) is 3.54. The highest BCUT2D eigenvalue weighted by atomic mass is 19.1. The van der Waals surface area contributed by atoms with Gasteiger partial charge in [0.05, 0.1) is 12.7 Å². The van der Waals surface area contributed by atoms with Crippen LogP contribution < -0.4 is 0 Å². The Labute approximate surface area is 124 Å². The van der Waals surface area contributed by atoms with Gasteiger partial charge in [0.15, 0.2) is 0 Å². The number of carbonyl (C=O) groups excluding carboxylic acids is 1. The Hall–Kier alpha value is -2.16. The summed E-state index contributed by atoms with van der Waals surface area (Å²) in [5.74, 6) is -0.286. The van der Waals surface area contributed by atoms with Crippen molar-refractivity contribution in [1.29, 1.82) is 0 Å². The summed E-state index contributed by atoms with van der Waals surface area (Å²) >= 11 is 0. The summed E-state index contributed by atoms with van der Waals surface area (Å²) in [5, 5.41) is 0. The minimum atomic E-state index is -0.338. The molecule has 2 rings (SSSR count). The average Bonchev–Trinajstić information content (AvgIpc) is 2.45. The minimum Gasteiger partial charge on any atom is -0.465 e. The summed E-state index contributed by atoms with van der Waals surface area (Å²) < 4.78 is 18.1. The fraction of sp³-hybridized carbons (Fsp3) is 0.278. The zero-order valence-electron chi connectivity index (χ0n) is 12.5. The fourth-order valence-electron chi connectivity index (χ4n) is 2.47. The number of carbonyl (C=O) groups is 1. The van der Waals surface area contributed by atoms with Crippen LogP contribution in [0.1, 0.15) is 39.9 Å². The molecule has 1 atom stereocenters. The van der Waals surface area contributed by atoms with Gasteiger partial charge < -0.3 is 4.74 Å². The molecule has 0 aromatic heterocycles. The number of esters is 1. The number of aryl methyl sites for hydroxylation is 1. The maximum atomic E-state index is 13.4. The molecule has 0 bridgehead atoms. The molecule has 0 saturated carbocycles. The van der Waals surface area contributed by atoms with Gasteiger partial charge in [0.25, 0.3) is 0 Å². The van der Waals surface area contributed by atoms with Crippen LogP contribution in [0.3, 0.4) is 0 Å². The first-order valence-corrected chi connectivity index (χ1v) is 6.94. The van der Waals surface area contributed by atoms with Crippen molar-refractivity contribution in [3.05, 3.63) is 70.5 Å². The Morgan fingerprint density at radius 2 is 1.86 bits per heavy atom. The maximum Gasteiger partial charge on any atom is 0.337 e. The molecule has 0 aliphatic rings. The SMILES string of the molecule is COC(=O)c1ccc(C(C)Cc2cc(C)cc(F)c2)cc1. The second-order valence-corrected chi connectivity index (χ2v) is 5.36. The highest BCUT2D eigenvalue weighted by Gasteiger charge is 2.10. The number of rotatable bonds is 4. The third kappa shape index (κ3) is 3.91. The van der Waals surface area contributed by atoms with Crippen LogP contribution in [0.25, 0.3) is 0 Å². The van der Waals surface area contributed by atoms with Gasteiger partial charge >= 0.3 is 5.97 Å². The maximum absolute atomic E-state index is 13.4. The normalized spacial score (nSPS) is 12.0. The highest BCUT2D eigenvalue weighted by molar-refractivity contribution is 5.89. The molecule has 0 heterocycles. The van der Waals surface area contributed by atoms with Crippen molar-refractivity contribution in [2.24, 2.45) is 0 Å². The summed E-state index contributed by atoms with van der Waals surface area (Å²) in [6.45, 7) is 3.98. The largest absolute Gasteiger partial charge is 0.465 e. The molecular formula is C18H19FO2. The van der Waals surface area contributed by atoms with Crippen LogP contribution in [0.5, 0.6) is 0 Å². The van der Waals surface area contributed by atoms with E-state index in [-0.39, 0.29) is 17.7 Å². The van der Waals surface area contributed by atoms with Crippen LogP contribution in [-0.2, 0) is 11.2 Å². The lowest BCUT2D eigenvalue weighted by molar-refractivity contribution is 0.0600. The quantitative estimate of drug-likeness (QED) is 0.785. The average molecular weight is 286 g/mol.